The SMILES string of the molecule is CCC(C)(NC(=O)c1csc(CN)n1)C(=O)O. The lowest BCUT2D eigenvalue weighted by Gasteiger charge is -2.23. The standard InChI is InChI=1S/C10H15N3O3S/c1-3-10(2,9(15)16)13-8(14)6-5-17-7(4-11)12-6/h5H,3-4,11H2,1-2H3,(H,13,14)(H,15,16). The molecular weight excluding hydrogens is 242 g/mol. The van der Waals surface area contributed by atoms with E-state index in [9.17, 15) is 9.59 Å². The molecule has 0 radical (unpaired) electrons. The van der Waals surface area contributed by atoms with Gasteiger partial charge in [-0.2, -0.15) is 0 Å². The molecule has 1 aromatic heterocycles. The Balaban J connectivity index is 2.81. The Morgan fingerprint density at radius 3 is 2.71 bits per heavy atom. The van der Waals surface area contributed by atoms with E-state index < -0.39 is 17.4 Å². The highest BCUT2D eigenvalue weighted by Crippen LogP contribution is 2.13. The highest BCUT2D eigenvalue weighted by molar-refractivity contribution is 7.09. The van der Waals surface area contributed by atoms with Gasteiger partial charge in [0.15, 0.2) is 0 Å². The van der Waals surface area contributed by atoms with Gasteiger partial charge in [-0.1, -0.05) is 6.92 Å². The largest absolute Gasteiger partial charge is 0.480 e. The van der Waals surface area contributed by atoms with Gasteiger partial charge in [-0.15, -0.1) is 11.3 Å². The molecule has 0 aromatic carbocycles. The fourth-order valence-corrected chi connectivity index (χ4v) is 1.77. The number of carbonyl (C=O) groups excluding carboxylic acids is 1. The van der Waals surface area contributed by atoms with Crippen LogP contribution in [0, 0.1) is 0 Å². The van der Waals surface area contributed by atoms with Gasteiger partial charge in [0.25, 0.3) is 5.91 Å². The molecule has 1 atom stereocenters. The van der Waals surface area contributed by atoms with Crippen molar-refractivity contribution in [1.29, 1.82) is 0 Å². The monoisotopic (exact) mass is 257 g/mol. The summed E-state index contributed by atoms with van der Waals surface area (Å²) < 4.78 is 0. The van der Waals surface area contributed by atoms with Crippen LogP contribution in [0.15, 0.2) is 5.38 Å². The highest BCUT2D eigenvalue weighted by Gasteiger charge is 2.33. The number of nitrogens with zero attached hydrogens (tertiary/aromatic N) is 1. The molecule has 6 nitrogen and oxygen atoms in total. The minimum Gasteiger partial charge on any atom is -0.480 e. The summed E-state index contributed by atoms with van der Waals surface area (Å²) in [6.07, 6.45) is 0.294. The average molecular weight is 257 g/mol. The lowest BCUT2D eigenvalue weighted by Crippen LogP contribution is -2.51. The predicted molar refractivity (Wildman–Crippen MR) is 63.8 cm³/mol. The minimum absolute atomic E-state index is 0.205. The third-order valence-corrected chi connectivity index (χ3v) is 3.40. The molecule has 0 aliphatic heterocycles. The fraction of sp³-hybridized carbons (Fsp3) is 0.500. The number of aromatic nitrogens is 1. The van der Waals surface area contributed by atoms with E-state index >= 15 is 0 Å². The molecule has 4 N–H and O–H groups in total. The molecule has 0 bridgehead atoms. The highest BCUT2D eigenvalue weighted by atomic mass is 32.1. The average Bonchev–Trinajstić information content (AvgIpc) is 2.77. The van der Waals surface area contributed by atoms with Crippen molar-refractivity contribution < 1.29 is 14.7 Å². The third kappa shape index (κ3) is 3.01. The molecule has 1 unspecified atom stereocenters. The van der Waals surface area contributed by atoms with Crippen molar-refractivity contribution in [2.24, 2.45) is 5.73 Å². The third-order valence-electron chi connectivity index (χ3n) is 2.53. The van der Waals surface area contributed by atoms with Gasteiger partial charge >= 0.3 is 5.97 Å². The smallest absolute Gasteiger partial charge is 0.329 e. The van der Waals surface area contributed by atoms with Crippen molar-refractivity contribution in [2.75, 3.05) is 0 Å². The molecule has 17 heavy (non-hydrogen) atoms. The first-order valence-corrected chi connectivity index (χ1v) is 6.01. The number of amides is 1. The van der Waals surface area contributed by atoms with Crippen LogP contribution < -0.4 is 11.1 Å². The Labute approximate surface area is 103 Å². The summed E-state index contributed by atoms with van der Waals surface area (Å²) in [4.78, 5) is 26.8. The van der Waals surface area contributed by atoms with Gasteiger partial charge in [0.2, 0.25) is 0 Å². The molecule has 1 aromatic rings. The number of carboxylic acid groups (broad SMARTS) is 1. The van der Waals surface area contributed by atoms with Gasteiger partial charge in [-0.25, -0.2) is 9.78 Å². The van der Waals surface area contributed by atoms with Crippen LogP contribution in [0.25, 0.3) is 0 Å². The second kappa shape index (κ2) is 5.24. The Kier molecular flexibility index (Phi) is 4.19. The molecule has 0 aliphatic rings. The van der Waals surface area contributed by atoms with Gasteiger partial charge in [-0.05, 0) is 13.3 Å². The lowest BCUT2D eigenvalue weighted by molar-refractivity contribution is -0.143. The normalized spacial score (nSPS) is 14.1. The van der Waals surface area contributed by atoms with Crippen LogP contribution in [-0.4, -0.2) is 27.5 Å². The van der Waals surface area contributed by atoms with E-state index in [0.717, 1.165) is 0 Å². The lowest BCUT2D eigenvalue weighted by atomic mass is 9.99. The number of rotatable bonds is 5. The number of carbonyl (C=O) groups is 2. The van der Waals surface area contributed by atoms with E-state index in [4.69, 9.17) is 10.8 Å². The topological polar surface area (TPSA) is 105 Å². The number of nitrogens with one attached hydrogen (secondary N) is 1. The molecule has 1 rings (SSSR count). The van der Waals surface area contributed by atoms with Crippen LogP contribution >= 0.6 is 11.3 Å². The zero-order valence-corrected chi connectivity index (χ0v) is 10.5. The van der Waals surface area contributed by atoms with Crippen molar-refractivity contribution in [1.82, 2.24) is 10.3 Å². The van der Waals surface area contributed by atoms with E-state index in [1.807, 2.05) is 0 Å². The summed E-state index contributed by atoms with van der Waals surface area (Å²) in [6.45, 7) is 3.42. The van der Waals surface area contributed by atoms with Crippen LogP contribution in [0.4, 0.5) is 0 Å². The van der Waals surface area contributed by atoms with E-state index in [-0.39, 0.29) is 12.2 Å². The van der Waals surface area contributed by atoms with E-state index in [1.165, 1.54) is 18.3 Å². The summed E-state index contributed by atoms with van der Waals surface area (Å²) in [5, 5.41) is 13.7. The molecule has 0 spiro atoms. The number of hydrogen-bond donors (Lipinski definition) is 3. The van der Waals surface area contributed by atoms with Gasteiger partial charge in [0.05, 0.1) is 0 Å². The number of hydrogen-bond acceptors (Lipinski definition) is 5. The minimum atomic E-state index is -1.27. The van der Waals surface area contributed by atoms with Crippen molar-refractivity contribution in [3.63, 3.8) is 0 Å². The summed E-state index contributed by atoms with van der Waals surface area (Å²) in [6, 6.07) is 0. The molecule has 94 valence electrons. The summed E-state index contributed by atoms with van der Waals surface area (Å²) in [7, 11) is 0. The van der Waals surface area contributed by atoms with E-state index in [2.05, 4.69) is 10.3 Å². The quantitative estimate of drug-likeness (QED) is 0.715. The van der Waals surface area contributed by atoms with Crippen LogP contribution in [0.5, 0.6) is 0 Å². The van der Waals surface area contributed by atoms with Crippen molar-refractivity contribution in [2.45, 2.75) is 32.4 Å². The van der Waals surface area contributed by atoms with Gasteiger partial charge < -0.3 is 16.2 Å². The Morgan fingerprint density at radius 1 is 1.65 bits per heavy atom. The maximum absolute atomic E-state index is 11.8. The molecule has 1 heterocycles. The summed E-state index contributed by atoms with van der Waals surface area (Å²) in [5.74, 6) is -1.56. The molecule has 0 saturated heterocycles. The first kappa shape index (κ1) is 13.6. The van der Waals surface area contributed by atoms with Crippen LogP contribution in [-0.2, 0) is 11.3 Å². The van der Waals surface area contributed by atoms with Gasteiger partial charge in [0, 0.05) is 11.9 Å². The number of aliphatic carboxylic acids is 1. The zero-order chi connectivity index (χ0) is 13.1. The Morgan fingerprint density at radius 2 is 2.29 bits per heavy atom. The van der Waals surface area contributed by atoms with Crippen LogP contribution in [0.1, 0.15) is 35.8 Å². The van der Waals surface area contributed by atoms with E-state index in [1.54, 1.807) is 12.3 Å². The summed E-state index contributed by atoms with van der Waals surface area (Å²) >= 11 is 1.28. The maximum atomic E-state index is 11.8. The first-order chi connectivity index (χ1) is 7.92. The molecule has 0 fully saturated rings. The first-order valence-electron chi connectivity index (χ1n) is 5.13. The van der Waals surface area contributed by atoms with Crippen molar-refractivity contribution in [3.8, 4) is 0 Å². The second-order valence-corrected chi connectivity index (χ2v) is 4.72. The molecular formula is C10H15N3O3S. The second-order valence-electron chi connectivity index (χ2n) is 3.78. The van der Waals surface area contributed by atoms with Crippen LogP contribution in [0.3, 0.4) is 0 Å². The predicted octanol–water partition coefficient (Wildman–Crippen LogP) is 0.585. The fourth-order valence-electron chi connectivity index (χ4n) is 1.12. The Bertz CT molecular complexity index is 432. The molecule has 7 heteroatoms. The summed E-state index contributed by atoms with van der Waals surface area (Å²) in [5.41, 5.74) is 4.32. The number of carboxylic acids is 1. The molecule has 1 amide bonds. The molecule has 0 saturated carbocycles. The zero-order valence-electron chi connectivity index (χ0n) is 9.69. The van der Waals surface area contributed by atoms with Crippen molar-refractivity contribution in [3.05, 3.63) is 16.1 Å². The number of nitrogens with two attached hydrogens (primary N) is 1. The van der Waals surface area contributed by atoms with Gasteiger partial charge in [0.1, 0.15) is 16.2 Å². The maximum Gasteiger partial charge on any atom is 0.329 e. The van der Waals surface area contributed by atoms with Crippen molar-refractivity contribution >= 4 is 23.2 Å². The number of thiazole rings is 1. The van der Waals surface area contributed by atoms with E-state index in [0.29, 0.717) is 11.4 Å². The van der Waals surface area contributed by atoms with Crippen LogP contribution in [0.2, 0.25) is 0 Å². The Hall–Kier alpha value is -1.47. The van der Waals surface area contributed by atoms with Gasteiger partial charge in [-0.3, -0.25) is 4.79 Å². The molecule has 0 aliphatic carbocycles.